The molecule has 0 N–H and O–H groups in total. The minimum atomic E-state index is -0.00987. The third-order valence-corrected chi connectivity index (χ3v) is 11.1. The van der Waals surface area contributed by atoms with E-state index in [4.69, 9.17) is 4.99 Å². The van der Waals surface area contributed by atoms with Gasteiger partial charge >= 0.3 is 0 Å². The molecule has 0 amide bonds. The first-order valence-corrected chi connectivity index (χ1v) is 18.2. The molecular weight excluding hydrogens is 595 g/mol. The number of nitrogens with zero attached hydrogens (tertiary/aromatic N) is 3. The molecule has 0 spiro atoms. The summed E-state index contributed by atoms with van der Waals surface area (Å²) in [5, 5.41) is 0. The summed E-state index contributed by atoms with van der Waals surface area (Å²) >= 11 is 0. The second-order valence-electron chi connectivity index (χ2n) is 13.9. The van der Waals surface area contributed by atoms with Crippen molar-refractivity contribution < 1.29 is 0 Å². The van der Waals surface area contributed by atoms with E-state index in [9.17, 15) is 0 Å². The molecule has 0 saturated heterocycles. The molecule has 3 heteroatoms. The first kappa shape index (κ1) is 29.9. The minimum absolute atomic E-state index is 0.00987. The fraction of sp³-hybridized carbons (Fsp3) is 0.239. The lowest BCUT2D eigenvalue weighted by atomic mass is 9.65. The van der Waals surface area contributed by atoms with E-state index in [1.54, 1.807) is 0 Å². The van der Waals surface area contributed by atoms with Crippen LogP contribution in [0.15, 0.2) is 180 Å². The smallest absolute Gasteiger partial charge is 0.148 e. The van der Waals surface area contributed by atoms with Gasteiger partial charge in [0.05, 0.1) is 17.8 Å². The number of para-hydroxylation sites is 1. The predicted molar refractivity (Wildman–Crippen MR) is 205 cm³/mol. The summed E-state index contributed by atoms with van der Waals surface area (Å²) in [6.07, 6.45) is 36.6. The molecule has 4 atom stereocenters. The van der Waals surface area contributed by atoms with Gasteiger partial charge in [-0.2, -0.15) is 0 Å². The Labute approximate surface area is 291 Å². The molecule has 49 heavy (non-hydrogen) atoms. The minimum Gasteiger partial charge on any atom is -0.337 e. The zero-order valence-corrected chi connectivity index (χ0v) is 28.0. The Kier molecular flexibility index (Phi) is 7.97. The Balaban J connectivity index is 1.04. The van der Waals surface area contributed by atoms with Crippen molar-refractivity contribution in [2.75, 3.05) is 4.90 Å². The van der Waals surface area contributed by atoms with Crippen molar-refractivity contribution in [2.24, 2.45) is 16.8 Å². The molecule has 0 saturated carbocycles. The van der Waals surface area contributed by atoms with Crippen molar-refractivity contribution in [3.8, 4) is 11.1 Å². The summed E-state index contributed by atoms with van der Waals surface area (Å²) < 4.78 is 0. The number of benzene rings is 3. The fourth-order valence-electron chi connectivity index (χ4n) is 8.83. The van der Waals surface area contributed by atoms with Gasteiger partial charge in [-0.25, -0.2) is 0 Å². The van der Waals surface area contributed by atoms with E-state index in [1.165, 1.54) is 57.0 Å². The largest absolute Gasteiger partial charge is 0.337 e. The van der Waals surface area contributed by atoms with Crippen LogP contribution < -0.4 is 4.90 Å². The molecule has 1 aliphatic heterocycles. The molecule has 3 nitrogen and oxygen atoms in total. The van der Waals surface area contributed by atoms with Crippen molar-refractivity contribution in [2.45, 2.75) is 56.8 Å². The Morgan fingerprint density at radius 3 is 2.14 bits per heavy atom. The normalized spacial score (nSPS) is 25.4. The van der Waals surface area contributed by atoms with Gasteiger partial charge in [-0.3, -0.25) is 4.99 Å². The van der Waals surface area contributed by atoms with E-state index >= 15 is 0 Å². The molecule has 3 aromatic rings. The van der Waals surface area contributed by atoms with Crippen LogP contribution in [0.1, 0.15) is 50.3 Å². The number of rotatable bonds is 6. The lowest BCUT2D eigenvalue weighted by Gasteiger charge is -2.46. The molecule has 0 fully saturated rings. The van der Waals surface area contributed by atoms with Gasteiger partial charge in [0.1, 0.15) is 6.17 Å². The van der Waals surface area contributed by atoms with E-state index in [0.29, 0.717) is 17.9 Å². The van der Waals surface area contributed by atoms with Gasteiger partial charge in [-0.05, 0) is 103 Å². The quantitative estimate of drug-likeness (QED) is 0.251. The average molecular weight is 638 g/mol. The Hall–Kier alpha value is -5.15. The van der Waals surface area contributed by atoms with Gasteiger partial charge in [-0.1, -0.05) is 128 Å². The first-order valence-electron chi connectivity index (χ1n) is 18.2. The number of aliphatic imine (C=N–C) groups is 1. The van der Waals surface area contributed by atoms with Gasteiger partial charge in [0.2, 0.25) is 0 Å². The molecule has 0 bridgehead atoms. The maximum absolute atomic E-state index is 5.66. The highest BCUT2D eigenvalue weighted by molar-refractivity contribution is 6.08. The maximum Gasteiger partial charge on any atom is 0.148 e. The molecule has 0 aromatic heterocycles. The van der Waals surface area contributed by atoms with Crippen molar-refractivity contribution in [3.63, 3.8) is 0 Å². The van der Waals surface area contributed by atoms with Crippen LogP contribution in [0.2, 0.25) is 0 Å². The highest BCUT2D eigenvalue weighted by atomic mass is 15.3. The predicted octanol–water partition coefficient (Wildman–Crippen LogP) is 11.1. The summed E-state index contributed by atoms with van der Waals surface area (Å²) in [5.74, 6) is 1.05. The van der Waals surface area contributed by atoms with E-state index in [-0.39, 0.29) is 12.2 Å². The Morgan fingerprint density at radius 1 is 0.653 bits per heavy atom. The zero-order chi connectivity index (χ0) is 32.6. The lowest BCUT2D eigenvalue weighted by molar-refractivity contribution is 0.180. The van der Waals surface area contributed by atoms with Crippen molar-refractivity contribution >= 4 is 17.1 Å². The summed E-state index contributed by atoms with van der Waals surface area (Å²) in [6, 6.07) is 29.4. The second kappa shape index (κ2) is 13.0. The fourth-order valence-corrected chi connectivity index (χ4v) is 8.83. The van der Waals surface area contributed by atoms with Gasteiger partial charge in [0.25, 0.3) is 0 Å². The summed E-state index contributed by atoms with van der Waals surface area (Å²) in [4.78, 5) is 10.7. The van der Waals surface area contributed by atoms with Gasteiger partial charge in [-0.15, -0.1) is 0 Å². The molecule has 3 unspecified atom stereocenters. The zero-order valence-electron chi connectivity index (χ0n) is 28.0. The van der Waals surface area contributed by atoms with Crippen molar-refractivity contribution in [3.05, 3.63) is 180 Å². The van der Waals surface area contributed by atoms with Crippen LogP contribution in [0.5, 0.6) is 0 Å². The third kappa shape index (κ3) is 5.52. The second-order valence-corrected chi connectivity index (χ2v) is 13.9. The topological polar surface area (TPSA) is 18.8 Å². The number of fused-ring (bicyclic) bond motifs is 5. The Morgan fingerprint density at radius 2 is 1.39 bits per heavy atom. The first-order chi connectivity index (χ1) is 24.3. The molecule has 6 aliphatic rings. The molecule has 5 aliphatic carbocycles. The van der Waals surface area contributed by atoms with Gasteiger partial charge in [0, 0.05) is 23.0 Å². The molecule has 1 heterocycles. The number of hydrogen-bond donors (Lipinski definition) is 0. The van der Waals surface area contributed by atoms with Crippen LogP contribution in [0.25, 0.3) is 11.1 Å². The van der Waals surface area contributed by atoms with Crippen LogP contribution in [-0.2, 0) is 0 Å². The standard InChI is InChI=1S/C46H43N3/c1-2-6-16-36(15-5-1)48(37-17-7-3-8-18-37)39-31-29-34(30-32-39)33-25-27-35(28-26-33)46-47-44-42-23-13-11-21-40(42)41-22-12-14-24-43(41)45(44)49(46)38-19-9-4-10-20-38/h1-3,5-9,11-12,15-22,25-32,36,41,43,45-46H,4,10,13-14,23-24H2/t41?,43-,45?,46?/m1/s1. The molecule has 3 aromatic carbocycles. The van der Waals surface area contributed by atoms with Gasteiger partial charge in [0.15, 0.2) is 0 Å². The summed E-state index contributed by atoms with van der Waals surface area (Å²) in [7, 11) is 0. The molecule has 0 radical (unpaired) electrons. The maximum atomic E-state index is 5.66. The van der Waals surface area contributed by atoms with E-state index in [0.717, 1.165) is 32.1 Å². The summed E-state index contributed by atoms with van der Waals surface area (Å²) in [6.45, 7) is 0. The molecular formula is C46H43N3. The molecule has 242 valence electrons. The van der Waals surface area contributed by atoms with E-state index in [2.05, 4.69) is 168 Å². The van der Waals surface area contributed by atoms with Crippen LogP contribution in [0.4, 0.5) is 11.4 Å². The highest BCUT2D eigenvalue weighted by Gasteiger charge is 2.49. The SMILES string of the molecule is C1=CC=CC(N(c2ccccc2)c2ccc(-c3ccc(C4N=C5C6=C(C=CCC6)C6C=CCC[C@H]6C5N4C4=CCCC=C4)cc3)cc2)C=C1. The number of anilines is 2. The number of allylic oxidation sites excluding steroid dienone is 12. The van der Waals surface area contributed by atoms with Crippen LogP contribution in [-0.4, -0.2) is 22.7 Å². The third-order valence-electron chi connectivity index (χ3n) is 11.1. The average Bonchev–Trinajstić information content (AvgIpc) is 3.39. The number of hydrogen-bond acceptors (Lipinski definition) is 3. The Bertz CT molecular complexity index is 1960. The monoisotopic (exact) mass is 637 g/mol. The van der Waals surface area contributed by atoms with Crippen molar-refractivity contribution in [1.82, 2.24) is 4.90 Å². The van der Waals surface area contributed by atoms with Crippen LogP contribution >= 0.6 is 0 Å². The molecule has 9 rings (SSSR count). The van der Waals surface area contributed by atoms with Crippen molar-refractivity contribution in [1.29, 1.82) is 0 Å². The van der Waals surface area contributed by atoms with E-state index < -0.39 is 0 Å². The van der Waals surface area contributed by atoms with Gasteiger partial charge < -0.3 is 9.80 Å². The lowest BCUT2D eigenvalue weighted by Crippen LogP contribution is -2.48. The van der Waals surface area contributed by atoms with Crippen LogP contribution in [0.3, 0.4) is 0 Å². The summed E-state index contributed by atoms with van der Waals surface area (Å²) in [5.41, 5.74) is 11.8. The van der Waals surface area contributed by atoms with Crippen LogP contribution in [0, 0.1) is 11.8 Å². The van der Waals surface area contributed by atoms with E-state index in [1.807, 2.05) is 0 Å². The highest BCUT2D eigenvalue weighted by Crippen LogP contribution is 2.51.